The van der Waals surface area contributed by atoms with Gasteiger partial charge < -0.3 is 29.7 Å². The Hall–Kier alpha value is -3.50. The van der Waals surface area contributed by atoms with E-state index in [0.717, 1.165) is 16.8 Å². The van der Waals surface area contributed by atoms with E-state index in [1.54, 1.807) is 36.4 Å². The topological polar surface area (TPSA) is 219 Å². The average Bonchev–Trinajstić information content (AvgIpc) is 3.67. The van der Waals surface area contributed by atoms with Gasteiger partial charge in [-0.05, 0) is 42.1 Å². The third-order valence-corrected chi connectivity index (χ3v) is 11.7. The Labute approximate surface area is 311 Å². The van der Waals surface area contributed by atoms with Crippen LogP contribution in [0.15, 0.2) is 67.0 Å². The van der Waals surface area contributed by atoms with E-state index in [1.165, 1.54) is 50.5 Å². The van der Waals surface area contributed by atoms with Crippen LogP contribution in [0.1, 0.15) is 58.7 Å². The molecular weight excluding hydrogens is 757 g/mol. The van der Waals surface area contributed by atoms with Gasteiger partial charge in [-0.2, -0.15) is 19.4 Å². The molecule has 1 aliphatic heterocycles. The first-order valence-corrected chi connectivity index (χ1v) is 20.3. The van der Waals surface area contributed by atoms with Gasteiger partial charge in [0.2, 0.25) is 5.28 Å². The van der Waals surface area contributed by atoms with Gasteiger partial charge >= 0.3 is 21.5 Å². The Morgan fingerprint density at radius 2 is 1.70 bits per heavy atom. The van der Waals surface area contributed by atoms with Crippen molar-refractivity contribution < 1.29 is 51.1 Å². The lowest BCUT2D eigenvalue weighted by atomic mass is 10.0. The van der Waals surface area contributed by atoms with Crippen molar-refractivity contribution in [3.63, 3.8) is 0 Å². The summed E-state index contributed by atoms with van der Waals surface area (Å²) in [5.74, 6) is -0.00525. The summed E-state index contributed by atoms with van der Waals surface area (Å²) in [7, 11) is -10.2. The number of phosphoric acid groups is 1. The predicted molar refractivity (Wildman–Crippen MR) is 194 cm³/mol. The summed E-state index contributed by atoms with van der Waals surface area (Å²) in [4.78, 5) is 34.9. The fourth-order valence-corrected chi connectivity index (χ4v) is 8.32. The molecule has 1 saturated heterocycles. The largest absolute Gasteiger partial charge is 0.481 e. The first-order valence-electron chi connectivity index (χ1n) is 16.8. The number of rotatable bonds is 16. The molecule has 16 nitrogen and oxygen atoms in total. The third-order valence-electron chi connectivity index (χ3n) is 8.23. The number of alkyl halides is 1. The number of nitrogen functional groups attached to an aromatic ring is 1. The zero-order chi connectivity index (χ0) is 38.8. The van der Waals surface area contributed by atoms with Crippen molar-refractivity contribution in [2.45, 2.75) is 84.2 Å². The Balaban J connectivity index is 0.000000815. The lowest BCUT2D eigenvalue weighted by Gasteiger charge is -2.24. The van der Waals surface area contributed by atoms with E-state index in [2.05, 4.69) is 40.8 Å². The molecule has 1 fully saturated rings. The molecule has 0 amide bonds. The molecule has 20 heteroatoms. The number of phosphoric ester groups is 1. The Morgan fingerprint density at radius 3 is 2.30 bits per heavy atom. The molecular formula is C33H44ClFN6O10P2. The summed E-state index contributed by atoms with van der Waals surface area (Å²) in [5, 5.41) is 12.5. The van der Waals surface area contributed by atoms with Crippen LogP contribution in [0.25, 0.3) is 11.2 Å². The van der Waals surface area contributed by atoms with Crippen molar-refractivity contribution >= 4 is 50.1 Å². The number of esters is 1. The van der Waals surface area contributed by atoms with E-state index in [4.69, 9.17) is 40.2 Å². The van der Waals surface area contributed by atoms with E-state index in [1.807, 2.05) is 0 Å². The van der Waals surface area contributed by atoms with Crippen molar-refractivity contribution in [3.05, 3.63) is 77.8 Å². The van der Waals surface area contributed by atoms with Crippen molar-refractivity contribution in [1.82, 2.24) is 24.6 Å². The minimum atomic E-state index is -5.32. The van der Waals surface area contributed by atoms with Gasteiger partial charge in [-0.15, -0.1) is 0 Å². The van der Waals surface area contributed by atoms with Crippen molar-refractivity contribution in [3.8, 4) is 5.75 Å². The van der Waals surface area contributed by atoms with Gasteiger partial charge in [-0.3, -0.25) is 13.9 Å². The van der Waals surface area contributed by atoms with Gasteiger partial charge in [0.05, 0.1) is 12.9 Å². The first-order chi connectivity index (χ1) is 25.2. The van der Waals surface area contributed by atoms with E-state index >= 15 is 4.39 Å². The monoisotopic (exact) mass is 800 g/mol. The number of imidazole rings is 1. The highest BCUT2D eigenvalue weighted by molar-refractivity contribution is 7.63. The number of aromatic nitrogens is 4. The van der Waals surface area contributed by atoms with Gasteiger partial charge in [0.15, 0.2) is 23.9 Å². The number of benzene rings is 2. The maximum Gasteiger partial charge on any atom is 0.481 e. The number of aliphatic hydroxyl groups is 1. The highest BCUT2D eigenvalue weighted by atomic mass is 35.5. The Kier molecular flexibility index (Phi) is 15.3. The number of hydrogen-bond donors (Lipinski definition) is 4. The molecule has 0 aliphatic carbocycles. The zero-order valence-corrected chi connectivity index (χ0v) is 32.1. The maximum atomic E-state index is 15.2. The summed E-state index contributed by atoms with van der Waals surface area (Å²) < 4.78 is 69.1. The van der Waals surface area contributed by atoms with Crippen LogP contribution < -0.4 is 15.3 Å². The molecule has 3 unspecified atom stereocenters. The van der Waals surface area contributed by atoms with Gasteiger partial charge in [-0.25, -0.2) is 18.5 Å². The van der Waals surface area contributed by atoms with Crippen LogP contribution in [0.3, 0.4) is 0 Å². The van der Waals surface area contributed by atoms with Crippen LogP contribution in [0.2, 0.25) is 5.28 Å². The first kappa shape index (κ1) is 42.2. The molecule has 4 aromatic rings. The minimum absolute atomic E-state index is 0.0107. The molecule has 2 aromatic carbocycles. The highest BCUT2D eigenvalue weighted by Crippen LogP contribution is 2.60. The number of nitrogens with two attached hydrogens (primary N) is 1. The highest BCUT2D eigenvalue weighted by Gasteiger charge is 2.48. The summed E-state index contributed by atoms with van der Waals surface area (Å²) in [6.07, 6.45) is -1.78. The smallest absolute Gasteiger partial charge is 0.460 e. The number of carbonyl (C=O) groups excluding carboxylic acids is 1. The quantitative estimate of drug-likeness (QED) is 0.0538. The van der Waals surface area contributed by atoms with Crippen molar-refractivity contribution in [2.75, 3.05) is 12.3 Å². The number of nitrogens with one attached hydrogen (secondary N) is 1. The standard InChI is InChI=1S/C26H28ClFN6O10P2.C7H16/c1-15(25(36)40-12-16-8-4-2-5-9-16)33-45(37,43-17-10-6-3-7-11-17)44-46(38,39)41-13-18-21(35)19(28)24(42-18)34-14-30-20-22(29)31-26(27)32-23(20)34;1-4-7(5-2)6-3/h2-11,14-15,18-19,21,24,35H,12-13H2,1H3,(H,33,37)(H,38,39)(H2,29,31,32);7H,4-6H2,1-3H3/t15-,18+,19+,21?,24+,45?;/m0./s1. The molecule has 3 heterocycles. The summed E-state index contributed by atoms with van der Waals surface area (Å²) in [5.41, 5.74) is 6.58. The van der Waals surface area contributed by atoms with E-state index in [0.29, 0.717) is 5.56 Å². The minimum Gasteiger partial charge on any atom is -0.460 e. The van der Waals surface area contributed by atoms with E-state index < -0.39 is 58.8 Å². The van der Waals surface area contributed by atoms with Crippen LogP contribution in [-0.2, 0) is 38.8 Å². The number of ether oxygens (including phenoxy) is 2. The SMILES string of the molecule is CCC(CC)CC.C[C@H](NP(=O)(Oc1ccccc1)OP(=O)(O)OC[C@H]1O[C@@H](n2cnc3c(N)nc(Cl)nc32)[C@H](F)C1O)C(=O)OCc1ccccc1. The summed E-state index contributed by atoms with van der Waals surface area (Å²) in [6, 6.07) is 14.9. The van der Waals surface area contributed by atoms with E-state index in [-0.39, 0.29) is 34.6 Å². The number of carbonyl (C=O) groups is 1. The van der Waals surface area contributed by atoms with Gasteiger partial charge in [0.1, 0.15) is 36.1 Å². The van der Waals surface area contributed by atoms with Crippen LogP contribution in [0.4, 0.5) is 10.2 Å². The Bertz CT molecular complexity index is 1870. The summed E-state index contributed by atoms with van der Waals surface area (Å²) in [6.45, 7) is 7.06. The molecule has 53 heavy (non-hydrogen) atoms. The molecule has 7 atom stereocenters. The lowest BCUT2D eigenvalue weighted by Crippen LogP contribution is -2.35. The van der Waals surface area contributed by atoms with Crippen molar-refractivity contribution in [1.29, 1.82) is 0 Å². The van der Waals surface area contributed by atoms with Gasteiger partial charge in [0, 0.05) is 0 Å². The second-order valence-electron chi connectivity index (χ2n) is 12.0. The molecule has 0 saturated carbocycles. The number of halogens is 2. The van der Waals surface area contributed by atoms with Gasteiger partial charge in [0.25, 0.3) is 0 Å². The molecule has 0 bridgehead atoms. The molecule has 5 rings (SSSR count). The molecule has 1 aliphatic rings. The normalized spacial score (nSPS) is 21.3. The second-order valence-corrected chi connectivity index (χ2v) is 15.6. The predicted octanol–water partition coefficient (Wildman–Crippen LogP) is 6.53. The molecule has 290 valence electrons. The molecule has 0 spiro atoms. The summed E-state index contributed by atoms with van der Waals surface area (Å²) >= 11 is 5.86. The maximum absolute atomic E-state index is 15.2. The van der Waals surface area contributed by atoms with E-state index in [9.17, 15) is 23.9 Å². The van der Waals surface area contributed by atoms with Crippen LogP contribution >= 0.6 is 27.2 Å². The Morgan fingerprint density at radius 1 is 1.08 bits per heavy atom. The van der Waals surface area contributed by atoms with Crippen LogP contribution in [-0.4, -0.2) is 66.5 Å². The van der Waals surface area contributed by atoms with Crippen LogP contribution in [0, 0.1) is 5.92 Å². The fourth-order valence-electron chi connectivity index (χ4n) is 5.19. The van der Waals surface area contributed by atoms with Crippen LogP contribution in [0.5, 0.6) is 5.75 Å². The number of aliphatic hydroxyl groups excluding tert-OH is 1. The lowest BCUT2D eigenvalue weighted by molar-refractivity contribution is -0.146. The second kappa shape index (κ2) is 19.2. The molecule has 2 aromatic heterocycles. The van der Waals surface area contributed by atoms with Crippen molar-refractivity contribution in [2.24, 2.45) is 5.92 Å². The number of hydrogen-bond acceptors (Lipinski definition) is 13. The molecule has 0 radical (unpaired) electrons. The zero-order valence-electron chi connectivity index (χ0n) is 29.5. The molecule has 5 N–H and O–H groups in total. The number of para-hydroxylation sites is 1. The average molecular weight is 801 g/mol. The number of fused-ring (bicyclic) bond motifs is 1. The van der Waals surface area contributed by atoms with Gasteiger partial charge in [-0.1, -0.05) is 88.6 Å². The third kappa shape index (κ3) is 11.7. The fraction of sp³-hybridized carbons (Fsp3) is 0.455. The number of anilines is 1. The number of nitrogens with zero attached hydrogens (tertiary/aromatic N) is 4.